The molecule has 2 heterocycles. The molecule has 0 bridgehead atoms. The first-order valence-corrected chi connectivity index (χ1v) is 5.26. The van der Waals surface area contributed by atoms with E-state index in [0.29, 0.717) is 0 Å². The minimum Gasteiger partial charge on any atom is -0.332 e. The van der Waals surface area contributed by atoms with E-state index in [2.05, 4.69) is 16.5 Å². The van der Waals surface area contributed by atoms with Gasteiger partial charge in [0, 0.05) is 24.6 Å². The zero-order valence-corrected chi connectivity index (χ0v) is 8.79. The minimum atomic E-state index is 0.211. The first kappa shape index (κ1) is 9.44. The maximum Gasteiger partial charge on any atom is 0.123 e. The number of aldehydes is 1. The van der Waals surface area contributed by atoms with Crippen LogP contribution in [-0.4, -0.2) is 15.8 Å². The van der Waals surface area contributed by atoms with Crippen molar-refractivity contribution < 1.29 is 4.79 Å². The van der Waals surface area contributed by atoms with Crippen LogP contribution in [0.25, 0.3) is 0 Å². The molecule has 1 aromatic rings. The highest BCUT2D eigenvalue weighted by atomic mass is 16.1. The van der Waals surface area contributed by atoms with Crippen LogP contribution in [0.1, 0.15) is 30.6 Å². The normalized spacial score (nSPS) is 20.6. The summed E-state index contributed by atoms with van der Waals surface area (Å²) in [5, 5.41) is 0. The summed E-state index contributed by atoms with van der Waals surface area (Å²) in [6.07, 6.45) is 3.91. The summed E-state index contributed by atoms with van der Waals surface area (Å²) < 4.78 is 2.29. The molecule has 0 saturated carbocycles. The lowest BCUT2D eigenvalue weighted by Gasteiger charge is -2.21. The molecule has 0 radical (unpaired) electrons. The zero-order chi connectivity index (χ0) is 10.1. The third kappa shape index (κ3) is 1.37. The Morgan fingerprint density at radius 1 is 1.64 bits per heavy atom. The van der Waals surface area contributed by atoms with Gasteiger partial charge in [-0.15, -0.1) is 0 Å². The molecule has 3 heteroatoms. The molecular weight excluding hydrogens is 176 g/mol. The van der Waals surface area contributed by atoms with Gasteiger partial charge in [0.25, 0.3) is 0 Å². The van der Waals surface area contributed by atoms with Crippen molar-refractivity contribution in [3.8, 4) is 0 Å². The van der Waals surface area contributed by atoms with Crippen LogP contribution in [0.3, 0.4) is 0 Å². The molecule has 0 spiro atoms. The molecule has 1 aromatic heterocycles. The van der Waals surface area contributed by atoms with Crippen molar-refractivity contribution in [1.82, 2.24) is 9.55 Å². The number of carbonyl (C=O) groups is 1. The summed E-state index contributed by atoms with van der Waals surface area (Å²) in [4.78, 5) is 15.3. The summed E-state index contributed by atoms with van der Waals surface area (Å²) in [5.74, 6) is 1.38. The first-order valence-electron chi connectivity index (χ1n) is 5.26. The average Bonchev–Trinajstić information content (AvgIpc) is 2.55. The predicted molar refractivity (Wildman–Crippen MR) is 54.2 cm³/mol. The van der Waals surface area contributed by atoms with E-state index < -0.39 is 0 Å². The van der Waals surface area contributed by atoms with Crippen molar-refractivity contribution in [3.63, 3.8) is 0 Å². The van der Waals surface area contributed by atoms with Crippen molar-refractivity contribution in [3.05, 3.63) is 17.2 Å². The summed E-state index contributed by atoms with van der Waals surface area (Å²) >= 11 is 0. The first-order chi connectivity index (χ1) is 6.76. The van der Waals surface area contributed by atoms with E-state index >= 15 is 0 Å². The fourth-order valence-corrected chi connectivity index (χ4v) is 2.22. The van der Waals surface area contributed by atoms with E-state index in [1.807, 2.05) is 6.92 Å². The fourth-order valence-electron chi connectivity index (χ4n) is 2.22. The van der Waals surface area contributed by atoms with Crippen molar-refractivity contribution >= 4 is 6.29 Å². The Hall–Kier alpha value is -1.12. The summed E-state index contributed by atoms with van der Waals surface area (Å²) in [7, 11) is 0. The molecule has 76 valence electrons. The number of aryl methyl sites for hydroxylation is 2. The maximum atomic E-state index is 10.7. The Labute approximate surface area is 84.1 Å². The topological polar surface area (TPSA) is 34.9 Å². The molecule has 0 amide bonds. The smallest absolute Gasteiger partial charge is 0.123 e. The van der Waals surface area contributed by atoms with Crippen LogP contribution >= 0.6 is 0 Å². The summed E-state index contributed by atoms with van der Waals surface area (Å²) in [6.45, 7) is 5.13. The summed E-state index contributed by atoms with van der Waals surface area (Å²) in [5.41, 5.74) is 2.37. The molecule has 0 fully saturated rings. The lowest BCUT2D eigenvalue weighted by molar-refractivity contribution is -0.111. The van der Waals surface area contributed by atoms with E-state index in [0.717, 1.165) is 37.8 Å². The third-order valence-corrected chi connectivity index (χ3v) is 3.04. The van der Waals surface area contributed by atoms with E-state index in [4.69, 9.17) is 0 Å². The van der Waals surface area contributed by atoms with E-state index in [1.165, 1.54) is 11.5 Å². The second kappa shape index (κ2) is 3.56. The fraction of sp³-hybridized carbons (Fsp3) is 0.636. The van der Waals surface area contributed by atoms with Crippen molar-refractivity contribution in [2.75, 3.05) is 0 Å². The number of carbonyl (C=O) groups excluding carboxylic acids is 1. The number of rotatable bonds is 2. The van der Waals surface area contributed by atoms with Crippen LogP contribution in [0.2, 0.25) is 0 Å². The lowest BCUT2D eigenvalue weighted by Crippen LogP contribution is -2.21. The maximum absolute atomic E-state index is 10.7. The van der Waals surface area contributed by atoms with Gasteiger partial charge in [-0.2, -0.15) is 0 Å². The molecule has 0 aliphatic carbocycles. The van der Waals surface area contributed by atoms with Crippen LogP contribution in [0.15, 0.2) is 0 Å². The van der Waals surface area contributed by atoms with E-state index in [1.54, 1.807) is 0 Å². The van der Waals surface area contributed by atoms with Crippen molar-refractivity contribution in [2.45, 2.75) is 39.7 Å². The number of hydrogen-bond acceptors (Lipinski definition) is 2. The molecule has 1 aliphatic heterocycles. The molecule has 0 N–H and O–H groups in total. The largest absolute Gasteiger partial charge is 0.332 e. The van der Waals surface area contributed by atoms with Crippen LogP contribution in [0.5, 0.6) is 0 Å². The van der Waals surface area contributed by atoms with Gasteiger partial charge in [-0.05, 0) is 19.8 Å². The standard InChI is InChI=1S/C11H16N2O/c1-3-11-12-8(2)10-6-9(7-14)4-5-13(10)11/h7,9H,3-6H2,1-2H3. The molecule has 1 aliphatic rings. The number of fused-ring (bicyclic) bond motifs is 1. The SMILES string of the molecule is CCc1nc(C)c2n1CCC(C=O)C2. The minimum absolute atomic E-state index is 0.211. The highest BCUT2D eigenvalue weighted by Crippen LogP contribution is 2.23. The van der Waals surface area contributed by atoms with Gasteiger partial charge in [-0.25, -0.2) is 4.98 Å². The summed E-state index contributed by atoms with van der Waals surface area (Å²) in [6, 6.07) is 0. The quantitative estimate of drug-likeness (QED) is 0.666. The Morgan fingerprint density at radius 2 is 2.43 bits per heavy atom. The predicted octanol–water partition coefficient (Wildman–Crippen LogP) is 1.52. The van der Waals surface area contributed by atoms with Gasteiger partial charge in [0.2, 0.25) is 0 Å². The highest BCUT2D eigenvalue weighted by Gasteiger charge is 2.22. The van der Waals surface area contributed by atoms with Crippen LogP contribution in [0.4, 0.5) is 0 Å². The highest BCUT2D eigenvalue weighted by molar-refractivity contribution is 5.54. The van der Waals surface area contributed by atoms with E-state index in [-0.39, 0.29) is 5.92 Å². The molecule has 0 aromatic carbocycles. The van der Waals surface area contributed by atoms with Gasteiger partial charge >= 0.3 is 0 Å². The van der Waals surface area contributed by atoms with Gasteiger partial charge < -0.3 is 9.36 Å². The van der Waals surface area contributed by atoms with Crippen LogP contribution < -0.4 is 0 Å². The van der Waals surface area contributed by atoms with Crippen LogP contribution in [-0.2, 0) is 24.2 Å². The van der Waals surface area contributed by atoms with Crippen molar-refractivity contribution in [1.29, 1.82) is 0 Å². The molecule has 2 rings (SSSR count). The average molecular weight is 192 g/mol. The molecular formula is C11H16N2O. The number of hydrogen-bond donors (Lipinski definition) is 0. The third-order valence-electron chi connectivity index (χ3n) is 3.04. The molecule has 1 unspecified atom stereocenters. The Morgan fingerprint density at radius 3 is 3.07 bits per heavy atom. The van der Waals surface area contributed by atoms with Crippen molar-refractivity contribution in [2.24, 2.45) is 5.92 Å². The Kier molecular flexibility index (Phi) is 2.40. The molecule has 14 heavy (non-hydrogen) atoms. The van der Waals surface area contributed by atoms with Gasteiger partial charge in [0.1, 0.15) is 12.1 Å². The molecule has 1 atom stereocenters. The number of nitrogens with zero attached hydrogens (tertiary/aromatic N) is 2. The van der Waals surface area contributed by atoms with Gasteiger partial charge in [-0.1, -0.05) is 6.92 Å². The monoisotopic (exact) mass is 192 g/mol. The Bertz CT molecular complexity index is 354. The zero-order valence-electron chi connectivity index (χ0n) is 8.79. The lowest BCUT2D eigenvalue weighted by atomic mass is 9.97. The second-order valence-electron chi connectivity index (χ2n) is 3.95. The van der Waals surface area contributed by atoms with E-state index in [9.17, 15) is 4.79 Å². The van der Waals surface area contributed by atoms with Gasteiger partial charge in [0.15, 0.2) is 0 Å². The number of aromatic nitrogens is 2. The molecule has 3 nitrogen and oxygen atoms in total. The van der Waals surface area contributed by atoms with Gasteiger partial charge in [-0.3, -0.25) is 0 Å². The Balaban J connectivity index is 2.37. The second-order valence-corrected chi connectivity index (χ2v) is 3.95. The number of imidazole rings is 1. The van der Waals surface area contributed by atoms with Crippen LogP contribution in [0, 0.1) is 12.8 Å². The molecule has 0 saturated heterocycles. The van der Waals surface area contributed by atoms with Gasteiger partial charge in [0.05, 0.1) is 5.69 Å².